The number of hydrogen-bond donors (Lipinski definition) is 0. The zero-order chi connectivity index (χ0) is 20.4. The number of likely N-dealkylation sites (N-methyl/N-ethyl adjacent to an activating group) is 1. The number of nitro benzene ring substituents is 1. The van der Waals surface area contributed by atoms with Crippen LogP contribution in [0.3, 0.4) is 0 Å². The van der Waals surface area contributed by atoms with Crippen molar-refractivity contribution < 1.29 is 18.5 Å². The number of halogens is 2. The molecule has 0 unspecified atom stereocenters. The van der Waals surface area contributed by atoms with Gasteiger partial charge >= 0.3 is 0 Å². The molecule has 0 spiro atoms. The van der Waals surface area contributed by atoms with Crippen LogP contribution >= 0.6 is 11.3 Å². The quantitative estimate of drug-likeness (QED) is 0.461. The Bertz CT molecular complexity index is 1050. The largest absolute Gasteiger partial charge is 0.308 e. The second kappa shape index (κ2) is 7.95. The van der Waals surface area contributed by atoms with E-state index in [-0.39, 0.29) is 33.1 Å². The van der Waals surface area contributed by atoms with E-state index in [1.165, 1.54) is 29.2 Å². The Hall–Kier alpha value is -2.98. The van der Waals surface area contributed by atoms with Gasteiger partial charge in [-0.1, -0.05) is 23.5 Å². The number of hydrogen-bond acceptors (Lipinski definition) is 6. The van der Waals surface area contributed by atoms with E-state index < -0.39 is 22.5 Å². The van der Waals surface area contributed by atoms with E-state index in [1.54, 1.807) is 14.1 Å². The molecule has 0 aliphatic heterocycles. The number of carbonyl (C=O) groups excluding carboxylic acids is 1. The van der Waals surface area contributed by atoms with Gasteiger partial charge in [0.25, 0.3) is 11.6 Å². The molecule has 3 rings (SSSR count). The minimum absolute atomic E-state index is 0.0494. The van der Waals surface area contributed by atoms with Gasteiger partial charge in [0.1, 0.15) is 16.9 Å². The smallest absolute Gasteiger partial charge is 0.282 e. The van der Waals surface area contributed by atoms with Crippen LogP contribution in [0.25, 0.3) is 10.2 Å². The molecule has 0 N–H and O–H groups in total. The van der Waals surface area contributed by atoms with Crippen molar-refractivity contribution in [3.63, 3.8) is 0 Å². The van der Waals surface area contributed by atoms with E-state index in [9.17, 15) is 23.7 Å². The second-order valence-electron chi connectivity index (χ2n) is 6.27. The third-order valence-electron chi connectivity index (χ3n) is 3.98. The average Bonchev–Trinajstić information content (AvgIpc) is 3.05. The first kappa shape index (κ1) is 19.8. The summed E-state index contributed by atoms with van der Waals surface area (Å²) in [6.45, 7) is 0.612. The van der Waals surface area contributed by atoms with Crippen molar-refractivity contribution in [2.24, 2.45) is 0 Å². The summed E-state index contributed by atoms with van der Waals surface area (Å²) in [5.74, 6) is -2.21. The van der Waals surface area contributed by atoms with E-state index >= 15 is 0 Å². The Morgan fingerprint density at radius 1 is 1.21 bits per heavy atom. The monoisotopic (exact) mass is 406 g/mol. The number of amides is 1. The van der Waals surface area contributed by atoms with Crippen molar-refractivity contribution >= 4 is 38.3 Å². The minimum Gasteiger partial charge on any atom is -0.308 e. The topological polar surface area (TPSA) is 79.6 Å². The molecule has 0 saturated carbocycles. The van der Waals surface area contributed by atoms with Crippen LogP contribution in [0.15, 0.2) is 36.4 Å². The van der Waals surface area contributed by atoms with Crippen LogP contribution in [0, 0.1) is 21.7 Å². The molecule has 1 heterocycles. The molecule has 10 heteroatoms. The highest BCUT2D eigenvalue weighted by molar-refractivity contribution is 7.22. The lowest BCUT2D eigenvalue weighted by molar-refractivity contribution is -0.385. The summed E-state index contributed by atoms with van der Waals surface area (Å²) in [6.07, 6.45) is 0. The van der Waals surface area contributed by atoms with E-state index in [4.69, 9.17) is 0 Å². The number of fused-ring (bicyclic) bond motifs is 1. The predicted octanol–water partition coefficient (Wildman–Crippen LogP) is 3.69. The summed E-state index contributed by atoms with van der Waals surface area (Å²) in [7, 11) is 3.61. The Morgan fingerprint density at radius 3 is 2.61 bits per heavy atom. The highest BCUT2D eigenvalue weighted by atomic mass is 32.1. The lowest BCUT2D eigenvalue weighted by Gasteiger charge is -2.21. The molecule has 0 aliphatic rings. The molecule has 0 aliphatic carbocycles. The molecule has 0 saturated heterocycles. The maximum Gasteiger partial charge on any atom is 0.282 e. The van der Waals surface area contributed by atoms with Gasteiger partial charge in [-0.15, -0.1) is 0 Å². The standard InChI is InChI=1S/C18H16F2N4O3S/c1-22(2)7-8-23(17(25)12-5-3-4-6-14(12)24(26)27)18-21-16-13(20)9-11(19)10-15(16)28-18/h3-6,9-10H,7-8H2,1-2H3. The van der Waals surface area contributed by atoms with E-state index in [0.29, 0.717) is 6.54 Å². The van der Waals surface area contributed by atoms with E-state index in [1.807, 2.05) is 4.90 Å². The highest BCUT2D eigenvalue weighted by Gasteiger charge is 2.27. The maximum absolute atomic E-state index is 14.0. The molecule has 0 bridgehead atoms. The molecule has 1 amide bonds. The summed E-state index contributed by atoms with van der Waals surface area (Å²) < 4.78 is 27.8. The van der Waals surface area contributed by atoms with Crippen LogP contribution in [0.4, 0.5) is 19.6 Å². The third kappa shape index (κ3) is 3.97. The fourth-order valence-electron chi connectivity index (χ4n) is 2.60. The minimum atomic E-state index is -0.830. The van der Waals surface area contributed by atoms with Crippen LogP contribution in [-0.2, 0) is 0 Å². The summed E-state index contributed by atoms with van der Waals surface area (Å²) in [5, 5.41) is 11.4. The molecule has 146 valence electrons. The number of nitrogens with zero attached hydrogens (tertiary/aromatic N) is 4. The Balaban J connectivity index is 2.08. The zero-order valence-corrected chi connectivity index (χ0v) is 15.9. The van der Waals surface area contributed by atoms with Crippen molar-refractivity contribution in [1.29, 1.82) is 0 Å². The Kier molecular flexibility index (Phi) is 5.61. The summed E-state index contributed by atoms with van der Waals surface area (Å²) in [6, 6.07) is 7.45. The maximum atomic E-state index is 14.0. The molecule has 3 aromatic rings. The van der Waals surface area contributed by atoms with Gasteiger partial charge in [-0.3, -0.25) is 19.8 Å². The molecule has 28 heavy (non-hydrogen) atoms. The summed E-state index contributed by atoms with van der Waals surface area (Å²) in [4.78, 5) is 31.0. The summed E-state index contributed by atoms with van der Waals surface area (Å²) in [5.41, 5.74) is -0.482. The Labute approximate surface area is 163 Å². The second-order valence-corrected chi connectivity index (χ2v) is 7.27. The first-order valence-electron chi connectivity index (χ1n) is 8.23. The van der Waals surface area contributed by atoms with Gasteiger partial charge in [0.2, 0.25) is 0 Å². The van der Waals surface area contributed by atoms with Gasteiger partial charge in [-0.2, -0.15) is 0 Å². The fourth-order valence-corrected chi connectivity index (χ4v) is 3.63. The van der Waals surface area contributed by atoms with Gasteiger partial charge in [-0.05, 0) is 26.2 Å². The number of para-hydroxylation sites is 1. The zero-order valence-electron chi connectivity index (χ0n) is 15.1. The molecule has 7 nitrogen and oxygen atoms in total. The number of aromatic nitrogens is 1. The summed E-state index contributed by atoms with van der Waals surface area (Å²) >= 11 is 0.948. The van der Waals surface area contributed by atoms with Gasteiger partial charge in [0.05, 0.1) is 9.62 Å². The average molecular weight is 406 g/mol. The number of nitro groups is 1. The van der Waals surface area contributed by atoms with Crippen LogP contribution in [0.1, 0.15) is 10.4 Å². The Morgan fingerprint density at radius 2 is 1.93 bits per heavy atom. The SMILES string of the molecule is CN(C)CCN(C(=O)c1ccccc1[N+](=O)[O-])c1nc2c(F)cc(F)cc2s1. The first-order valence-corrected chi connectivity index (χ1v) is 9.05. The predicted molar refractivity (Wildman–Crippen MR) is 103 cm³/mol. The fraction of sp³-hybridized carbons (Fsp3) is 0.222. The van der Waals surface area contributed by atoms with Gasteiger partial charge in [0, 0.05) is 25.2 Å². The van der Waals surface area contributed by atoms with E-state index in [0.717, 1.165) is 23.5 Å². The van der Waals surface area contributed by atoms with Crippen molar-refractivity contribution in [3.05, 3.63) is 63.7 Å². The molecule has 2 aromatic carbocycles. The first-order chi connectivity index (χ1) is 13.3. The molecular formula is C18H16F2N4O3S. The number of rotatable bonds is 6. The molecular weight excluding hydrogens is 390 g/mol. The number of thiazole rings is 1. The molecule has 1 aromatic heterocycles. The van der Waals surface area contributed by atoms with Crippen LogP contribution in [0.5, 0.6) is 0 Å². The van der Waals surface area contributed by atoms with Crippen molar-refractivity contribution in [1.82, 2.24) is 9.88 Å². The number of benzene rings is 2. The van der Waals surface area contributed by atoms with Crippen molar-refractivity contribution in [2.75, 3.05) is 32.1 Å². The lowest BCUT2D eigenvalue weighted by atomic mass is 10.1. The molecule has 0 atom stereocenters. The lowest BCUT2D eigenvalue weighted by Crippen LogP contribution is -2.37. The van der Waals surface area contributed by atoms with E-state index in [2.05, 4.69) is 4.98 Å². The van der Waals surface area contributed by atoms with Crippen LogP contribution in [0.2, 0.25) is 0 Å². The number of anilines is 1. The van der Waals surface area contributed by atoms with Crippen molar-refractivity contribution in [2.45, 2.75) is 0 Å². The number of carbonyl (C=O) groups is 1. The highest BCUT2D eigenvalue weighted by Crippen LogP contribution is 2.32. The van der Waals surface area contributed by atoms with Crippen LogP contribution in [-0.4, -0.2) is 47.9 Å². The van der Waals surface area contributed by atoms with Gasteiger partial charge in [0.15, 0.2) is 10.9 Å². The molecule has 0 fully saturated rings. The van der Waals surface area contributed by atoms with Gasteiger partial charge in [-0.25, -0.2) is 13.8 Å². The molecule has 0 radical (unpaired) electrons. The normalized spacial score (nSPS) is 11.2. The van der Waals surface area contributed by atoms with Crippen LogP contribution < -0.4 is 4.90 Å². The van der Waals surface area contributed by atoms with Gasteiger partial charge < -0.3 is 4.90 Å². The van der Waals surface area contributed by atoms with Crippen molar-refractivity contribution in [3.8, 4) is 0 Å². The third-order valence-corrected chi connectivity index (χ3v) is 5.01.